The van der Waals surface area contributed by atoms with Gasteiger partial charge in [-0.25, -0.2) is 0 Å². The first-order chi connectivity index (χ1) is 7.04. The lowest BCUT2D eigenvalue weighted by Gasteiger charge is -2.33. The van der Waals surface area contributed by atoms with Gasteiger partial charge < -0.3 is 10.8 Å². The number of hydrogen-bond acceptors (Lipinski definition) is 3. The Labute approximate surface area is 94.6 Å². The van der Waals surface area contributed by atoms with Crippen molar-refractivity contribution in [2.45, 2.75) is 52.6 Å². The lowest BCUT2D eigenvalue weighted by Crippen LogP contribution is -2.46. The van der Waals surface area contributed by atoms with Gasteiger partial charge in [0.25, 0.3) is 0 Å². The van der Waals surface area contributed by atoms with Crippen molar-refractivity contribution in [2.75, 3.05) is 19.7 Å². The summed E-state index contributed by atoms with van der Waals surface area (Å²) in [6.45, 7) is 10.8. The van der Waals surface area contributed by atoms with Crippen LogP contribution in [0.25, 0.3) is 0 Å². The van der Waals surface area contributed by atoms with Gasteiger partial charge in [-0.2, -0.15) is 0 Å². The fourth-order valence-electron chi connectivity index (χ4n) is 2.01. The topological polar surface area (TPSA) is 49.5 Å². The number of aliphatic hydroxyl groups excluding tert-OH is 1. The molecule has 0 radical (unpaired) electrons. The molecule has 15 heavy (non-hydrogen) atoms. The molecule has 0 aromatic carbocycles. The molecule has 3 N–H and O–H groups in total. The molecule has 0 rings (SSSR count). The maximum absolute atomic E-state index is 8.99. The normalized spacial score (nSPS) is 14.2. The lowest BCUT2D eigenvalue weighted by atomic mass is 10.1. The monoisotopic (exact) mass is 216 g/mol. The molecular weight excluding hydrogens is 188 g/mol. The maximum atomic E-state index is 8.99. The van der Waals surface area contributed by atoms with Crippen molar-refractivity contribution in [1.82, 2.24) is 4.90 Å². The smallest absolute Gasteiger partial charge is 0.0595 e. The van der Waals surface area contributed by atoms with Gasteiger partial charge in [-0.3, -0.25) is 4.90 Å². The van der Waals surface area contributed by atoms with Crippen molar-refractivity contribution < 1.29 is 5.11 Å². The van der Waals surface area contributed by atoms with Crippen molar-refractivity contribution in [3.63, 3.8) is 0 Å². The molecule has 0 saturated carbocycles. The van der Waals surface area contributed by atoms with Crippen LogP contribution in [0, 0.1) is 5.92 Å². The zero-order valence-corrected chi connectivity index (χ0v) is 10.7. The first-order valence-corrected chi connectivity index (χ1v) is 6.15. The van der Waals surface area contributed by atoms with E-state index in [9.17, 15) is 0 Å². The van der Waals surface area contributed by atoms with E-state index in [1.165, 1.54) is 0 Å². The largest absolute Gasteiger partial charge is 0.395 e. The van der Waals surface area contributed by atoms with Crippen molar-refractivity contribution in [3.8, 4) is 0 Å². The van der Waals surface area contributed by atoms with E-state index in [-0.39, 0.29) is 12.6 Å². The van der Waals surface area contributed by atoms with Crippen LogP contribution in [0.5, 0.6) is 0 Å². The van der Waals surface area contributed by atoms with E-state index in [0.717, 1.165) is 25.9 Å². The Balaban J connectivity index is 4.27. The number of hydrogen-bond donors (Lipinski definition) is 2. The highest BCUT2D eigenvalue weighted by Gasteiger charge is 2.18. The van der Waals surface area contributed by atoms with Gasteiger partial charge in [-0.15, -0.1) is 0 Å². The van der Waals surface area contributed by atoms with E-state index >= 15 is 0 Å². The molecular formula is C12H28N2O. The van der Waals surface area contributed by atoms with Crippen LogP contribution in [-0.2, 0) is 0 Å². The van der Waals surface area contributed by atoms with Crippen molar-refractivity contribution in [2.24, 2.45) is 11.7 Å². The Morgan fingerprint density at radius 2 is 1.67 bits per heavy atom. The minimum Gasteiger partial charge on any atom is -0.395 e. The summed E-state index contributed by atoms with van der Waals surface area (Å²) in [6, 6.07) is 0.495. The van der Waals surface area contributed by atoms with Crippen molar-refractivity contribution in [1.29, 1.82) is 0 Å². The quantitative estimate of drug-likeness (QED) is 0.646. The minimum absolute atomic E-state index is 0.0781. The van der Waals surface area contributed by atoms with Crippen LogP contribution in [0.4, 0.5) is 0 Å². The van der Waals surface area contributed by atoms with Gasteiger partial charge in [0.05, 0.1) is 6.61 Å². The number of rotatable bonds is 8. The molecule has 0 aliphatic rings. The molecule has 0 heterocycles. The van der Waals surface area contributed by atoms with Crippen LogP contribution in [0.3, 0.4) is 0 Å². The van der Waals surface area contributed by atoms with Gasteiger partial charge >= 0.3 is 0 Å². The standard InChI is InChI=1S/C12H28N2O/c1-5-12(6-2)14(7-10(3)4)8-11(13)9-15/h10-12,15H,5-9,13H2,1-4H3. The first kappa shape index (κ1) is 14.9. The Hall–Kier alpha value is -0.120. The summed E-state index contributed by atoms with van der Waals surface area (Å²) in [5.74, 6) is 0.650. The summed E-state index contributed by atoms with van der Waals surface area (Å²) in [5.41, 5.74) is 5.81. The third-order valence-electron chi connectivity index (χ3n) is 2.76. The van der Waals surface area contributed by atoms with E-state index in [0.29, 0.717) is 12.0 Å². The third kappa shape index (κ3) is 6.13. The molecule has 0 aromatic rings. The van der Waals surface area contributed by atoms with E-state index in [4.69, 9.17) is 10.8 Å². The molecule has 3 heteroatoms. The lowest BCUT2D eigenvalue weighted by molar-refractivity contribution is 0.137. The van der Waals surface area contributed by atoms with Crippen LogP contribution < -0.4 is 5.73 Å². The Morgan fingerprint density at radius 1 is 1.13 bits per heavy atom. The molecule has 3 nitrogen and oxygen atoms in total. The highest BCUT2D eigenvalue weighted by molar-refractivity contribution is 4.75. The Morgan fingerprint density at radius 3 is 2.00 bits per heavy atom. The molecule has 0 spiro atoms. The minimum atomic E-state index is -0.107. The number of aliphatic hydroxyl groups is 1. The van der Waals surface area contributed by atoms with Crippen LogP contribution in [-0.4, -0.2) is 41.8 Å². The second-order valence-electron chi connectivity index (χ2n) is 4.76. The highest BCUT2D eigenvalue weighted by Crippen LogP contribution is 2.11. The van der Waals surface area contributed by atoms with Gasteiger partial charge in [-0.05, 0) is 18.8 Å². The van der Waals surface area contributed by atoms with Crippen molar-refractivity contribution >= 4 is 0 Å². The van der Waals surface area contributed by atoms with Gasteiger partial charge in [0.2, 0.25) is 0 Å². The van der Waals surface area contributed by atoms with Crippen LogP contribution in [0.15, 0.2) is 0 Å². The molecule has 0 amide bonds. The van der Waals surface area contributed by atoms with Gasteiger partial charge in [-0.1, -0.05) is 27.7 Å². The zero-order chi connectivity index (χ0) is 11.8. The summed E-state index contributed by atoms with van der Waals surface area (Å²) in [6.07, 6.45) is 2.31. The number of nitrogens with two attached hydrogens (primary N) is 1. The highest BCUT2D eigenvalue weighted by atomic mass is 16.3. The first-order valence-electron chi connectivity index (χ1n) is 6.15. The molecule has 0 aliphatic heterocycles. The Kier molecular flexibility index (Phi) is 8.02. The van der Waals surface area contributed by atoms with Gasteiger partial charge in [0, 0.05) is 25.2 Å². The molecule has 0 bridgehead atoms. The zero-order valence-electron chi connectivity index (χ0n) is 10.7. The predicted octanol–water partition coefficient (Wildman–Crippen LogP) is 1.45. The fraction of sp³-hybridized carbons (Fsp3) is 1.00. The van der Waals surface area contributed by atoms with Gasteiger partial charge in [0.1, 0.15) is 0 Å². The maximum Gasteiger partial charge on any atom is 0.0595 e. The van der Waals surface area contributed by atoms with Crippen LogP contribution in [0.1, 0.15) is 40.5 Å². The molecule has 0 saturated heterocycles. The van der Waals surface area contributed by atoms with Crippen LogP contribution in [0.2, 0.25) is 0 Å². The summed E-state index contributed by atoms with van der Waals surface area (Å²) in [4.78, 5) is 2.42. The van der Waals surface area contributed by atoms with Gasteiger partial charge in [0.15, 0.2) is 0 Å². The molecule has 92 valence electrons. The molecule has 0 fully saturated rings. The summed E-state index contributed by atoms with van der Waals surface area (Å²) in [7, 11) is 0. The summed E-state index contributed by atoms with van der Waals surface area (Å²) < 4.78 is 0. The van der Waals surface area contributed by atoms with E-state index in [1.54, 1.807) is 0 Å². The molecule has 0 aliphatic carbocycles. The fourth-order valence-corrected chi connectivity index (χ4v) is 2.01. The molecule has 1 unspecified atom stereocenters. The molecule has 1 atom stereocenters. The number of nitrogens with zero attached hydrogens (tertiary/aromatic N) is 1. The predicted molar refractivity (Wildman–Crippen MR) is 65.8 cm³/mol. The molecule has 0 aromatic heterocycles. The van der Waals surface area contributed by atoms with E-state index in [2.05, 4.69) is 32.6 Å². The average Bonchev–Trinajstić information content (AvgIpc) is 2.18. The summed E-state index contributed by atoms with van der Waals surface area (Å²) >= 11 is 0. The Bertz CT molecular complexity index is 147. The third-order valence-corrected chi connectivity index (χ3v) is 2.76. The average molecular weight is 216 g/mol. The van der Waals surface area contributed by atoms with Crippen LogP contribution >= 0.6 is 0 Å². The van der Waals surface area contributed by atoms with Crippen molar-refractivity contribution in [3.05, 3.63) is 0 Å². The van der Waals surface area contributed by atoms with E-state index < -0.39 is 0 Å². The second kappa shape index (κ2) is 8.08. The second-order valence-corrected chi connectivity index (χ2v) is 4.76. The summed E-state index contributed by atoms with van der Waals surface area (Å²) in [5, 5.41) is 8.99. The van der Waals surface area contributed by atoms with E-state index in [1.807, 2.05) is 0 Å². The SMILES string of the molecule is CCC(CC)N(CC(C)C)CC(N)CO.